The molecule has 0 aliphatic carbocycles. The van der Waals surface area contributed by atoms with E-state index in [-0.39, 0.29) is 25.4 Å². The summed E-state index contributed by atoms with van der Waals surface area (Å²) in [7, 11) is 0. The predicted molar refractivity (Wildman–Crippen MR) is 32.1 cm³/mol. The second kappa shape index (κ2) is 3.15. The van der Waals surface area contributed by atoms with E-state index in [2.05, 4.69) is 0 Å². The summed E-state index contributed by atoms with van der Waals surface area (Å²) < 4.78 is 5.16. The van der Waals surface area contributed by atoms with E-state index in [1.165, 1.54) is 0 Å². The van der Waals surface area contributed by atoms with Gasteiger partial charge < -0.3 is 14.9 Å². The summed E-state index contributed by atoms with van der Waals surface area (Å²) in [6.07, 6.45) is 1.70. The minimum atomic E-state index is -0.0258. The van der Waals surface area contributed by atoms with Crippen LogP contribution in [0.25, 0.3) is 0 Å². The topological polar surface area (TPSA) is 49.7 Å². The summed E-state index contributed by atoms with van der Waals surface area (Å²) >= 11 is 0. The van der Waals surface area contributed by atoms with E-state index in [0.29, 0.717) is 0 Å². The molecule has 0 spiro atoms. The number of hydrogen-bond acceptors (Lipinski definition) is 3. The van der Waals surface area contributed by atoms with Crippen molar-refractivity contribution >= 4 is 0 Å². The normalized spacial score (nSPS) is 35.3. The van der Waals surface area contributed by atoms with E-state index in [0.717, 1.165) is 12.8 Å². The predicted octanol–water partition coefficient (Wildman–Crippen LogP) is -0.481. The molecule has 1 aliphatic rings. The van der Waals surface area contributed by atoms with Crippen LogP contribution in [0.2, 0.25) is 0 Å². The summed E-state index contributed by atoms with van der Waals surface area (Å²) in [5.74, 6) is 0. The highest BCUT2D eigenvalue weighted by Gasteiger charge is 2.23. The Labute approximate surface area is 54.3 Å². The van der Waals surface area contributed by atoms with Crippen LogP contribution in [0, 0.1) is 0 Å². The first kappa shape index (κ1) is 6.99. The highest BCUT2D eigenvalue weighted by Crippen LogP contribution is 2.17. The van der Waals surface area contributed by atoms with Crippen LogP contribution in [0.5, 0.6) is 0 Å². The van der Waals surface area contributed by atoms with Gasteiger partial charge in [0.05, 0.1) is 25.4 Å². The minimum Gasteiger partial charge on any atom is -0.394 e. The van der Waals surface area contributed by atoms with Crippen molar-refractivity contribution in [3.8, 4) is 0 Å². The van der Waals surface area contributed by atoms with Crippen molar-refractivity contribution in [1.29, 1.82) is 0 Å². The van der Waals surface area contributed by atoms with Gasteiger partial charge in [-0.15, -0.1) is 0 Å². The van der Waals surface area contributed by atoms with Crippen molar-refractivity contribution in [1.82, 2.24) is 0 Å². The fourth-order valence-electron chi connectivity index (χ4n) is 1.05. The van der Waals surface area contributed by atoms with Crippen LogP contribution in [-0.4, -0.2) is 35.6 Å². The zero-order valence-corrected chi connectivity index (χ0v) is 5.29. The van der Waals surface area contributed by atoms with Gasteiger partial charge in [0.1, 0.15) is 0 Å². The Morgan fingerprint density at radius 2 is 1.56 bits per heavy atom. The molecule has 3 nitrogen and oxygen atoms in total. The minimum absolute atomic E-state index is 0.0258. The molecule has 0 aromatic rings. The van der Waals surface area contributed by atoms with Crippen LogP contribution in [0.4, 0.5) is 0 Å². The maximum Gasteiger partial charge on any atom is 0.0811 e. The maximum atomic E-state index is 8.57. The summed E-state index contributed by atoms with van der Waals surface area (Å²) in [5.41, 5.74) is 0. The van der Waals surface area contributed by atoms with E-state index in [1.807, 2.05) is 0 Å². The summed E-state index contributed by atoms with van der Waals surface area (Å²) in [6.45, 7) is 0.160. The van der Waals surface area contributed by atoms with Gasteiger partial charge in [-0.3, -0.25) is 0 Å². The van der Waals surface area contributed by atoms with Crippen LogP contribution in [0.15, 0.2) is 0 Å². The van der Waals surface area contributed by atoms with Crippen LogP contribution in [0.3, 0.4) is 0 Å². The van der Waals surface area contributed by atoms with Gasteiger partial charge in [-0.05, 0) is 12.8 Å². The molecule has 1 aliphatic heterocycles. The molecule has 0 radical (unpaired) electrons. The Hall–Kier alpha value is -0.120. The van der Waals surface area contributed by atoms with Gasteiger partial charge in [0, 0.05) is 0 Å². The third-order valence-electron chi connectivity index (χ3n) is 1.60. The van der Waals surface area contributed by atoms with Gasteiger partial charge in [-0.25, -0.2) is 0 Å². The molecule has 0 amide bonds. The SMILES string of the molecule is OC[C@@H]1CC[C@H](CO)O1. The first-order valence-corrected chi connectivity index (χ1v) is 3.24. The third-order valence-corrected chi connectivity index (χ3v) is 1.60. The fourth-order valence-corrected chi connectivity index (χ4v) is 1.05. The van der Waals surface area contributed by atoms with Crippen molar-refractivity contribution in [3.63, 3.8) is 0 Å². The molecule has 1 heterocycles. The standard InChI is InChI=1S/C6H12O3/c7-3-5-1-2-6(4-8)9-5/h5-8H,1-4H2/t5-,6+. The molecule has 0 unspecified atom stereocenters. The first-order valence-electron chi connectivity index (χ1n) is 3.24. The van der Waals surface area contributed by atoms with Gasteiger partial charge in [0.2, 0.25) is 0 Å². The lowest BCUT2D eigenvalue weighted by Crippen LogP contribution is -2.16. The molecule has 3 heteroatoms. The zero-order chi connectivity index (χ0) is 6.69. The van der Waals surface area contributed by atoms with Crippen molar-refractivity contribution in [2.75, 3.05) is 13.2 Å². The molecule has 1 rings (SSSR count). The lowest BCUT2D eigenvalue weighted by atomic mass is 10.2. The molecule has 0 bridgehead atoms. The van der Waals surface area contributed by atoms with Gasteiger partial charge in [0.15, 0.2) is 0 Å². The zero-order valence-electron chi connectivity index (χ0n) is 5.29. The molecule has 0 aromatic carbocycles. The van der Waals surface area contributed by atoms with Gasteiger partial charge in [-0.1, -0.05) is 0 Å². The monoisotopic (exact) mass is 132 g/mol. The second-order valence-corrected chi connectivity index (χ2v) is 2.32. The number of rotatable bonds is 2. The Kier molecular flexibility index (Phi) is 2.45. The molecule has 2 atom stereocenters. The van der Waals surface area contributed by atoms with Crippen LogP contribution in [-0.2, 0) is 4.74 Å². The lowest BCUT2D eigenvalue weighted by molar-refractivity contribution is -0.0119. The average Bonchev–Trinajstić information content (AvgIpc) is 2.34. The van der Waals surface area contributed by atoms with Crippen molar-refractivity contribution in [3.05, 3.63) is 0 Å². The van der Waals surface area contributed by atoms with Crippen molar-refractivity contribution < 1.29 is 14.9 Å². The third kappa shape index (κ3) is 1.64. The number of hydrogen-bond donors (Lipinski definition) is 2. The van der Waals surface area contributed by atoms with E-state index in [9.17, 15) is 0 Å². The molecule has 1 saturated heterocycles. The molecule has 1 fully saturated rings. The Bertz CT molecular complexity index is 74.4. The van der Waals surface area contributed by atoms with Crippen LogP contribution in [0.1, 0.15) is 12.8 Å². The molecule has 9 heavy (non-hydrogen) atoms. The van der Waals surface area contributed by atoms with E-state index in [1.54, 1.807) is 0 Å². The molecule has 0 saturated carbocycles. The number of aliphatic hydroxyl groups excluding tert-OH is 2. The smallest absolute Gasteiger partial charge is 0.0811 e. The van der Waals surface area contributed by atoms with E-state index < -0.39 is 0 Å². The lowest BCUT2D eigenvalue weighted by Gasteiger charge is -2.07. The summed E-state index contributed by atoms with van der Waals surface area (Å²) in [4.78, 5) is 0. The second-order valence-electron chi connectivity index (χ2n) is 2.32. The number of ether oxygens (including phenoxy) is 1. The first-order chi connectivity index (χ1) is 4.36. The highest BCUT2D eigenvalue weighted by molar-refractivity contribution is 4.71. The van der Waals surface area contributed by atoms with Crippen molar-refractivity contribution in [2.45, 2.75) is 25.0 Å². The largest absolute Gasteiger partial charge is 0.394 e. The summed E-state index contributed by atoms with van der Waals surface area (Å²) in [5, 5.41) is 17.1. The summed E-state index contributed by atoms with van der Waals surface area (Å²) in [6, 6.07) is 0. The van der Waals surface area contributed by atoms with E-state index >= 15 is 0 Å². The maximum absolute atomic E-state index is 8.57. The van der Waals surface area contributed by atoms with Crippen LogP contribution < -0.4 is 0 Å². The van der Waals surface area contributed by atoms with Gasteiger partial charge >= 0.3 is 0 Å². The Morgan fingerprint density at radius 3 is 1.78 bits per heavy atom. The molecule has 54 valence electrons. The fraction of sp³-hybridized carbons (Fsp3) is 1.00. The molecular weight excluding hydrogens is 120 g/mol. The van der Waals surface area contributed by atoms with Gasteiger partial charge in [-0.2, -0.15) is 0 Å². The average molecular weight is 132 g/mol. The molecular formula is C6H12O3. The quantitative estimate of drug-likeness (QED) is 0.533. The highest BCUT2D eigenvalue weighted by atomic mass is 16.5. The van der Waals surface area contributed by atoms with Gasteiger partial charge in [0.25, 0.3) is 0 Å². The Morgan fingerprint density at radius 1 is 1.11 bits per heavy atom. The number of aliphatic hydroxyl groups is 2. The van der Waals surface area contributed by atoms with E-state index in [4.69, 9.17) is 14.9 Å². The van der Waals surface area contributed by atoms with Crippen molar-refractivity contribution in [2.24, 2.45) is 0 Å². The molecule has 0 aromatic heterocycles. The Balaban J connectivity index is 2.20. The molecule has 2 N–H and O–H groups in total. The van der Waals surface area contributed by atoms with Crippen LogP contribution >= 0.6 is 0 Å².